The smallest absolute Gasteiger partial charge is 0.194 e. The number of nitrogens with one attached hydrogen (secondary N) is 1. The first-order valence-corrected chi connectivity index (χ1v) is 8.20. The zero-order valence-electron chi connectivity index (χ0n) is 14.3. The molecule has 1 N–H and O–H groups in total. The van der Waals surface area contributed by atoms with E-state index in [-0.39, 0.29) is 0 Å². The summed E-state index contributed by atoms with van der Waals surface area (Å²) in [7, 11) is 3.98. The zero-order chi connectivity index (χ0) is 17.5. The molecule has 0 aliphatic rings. The summed E-state index contributed by atoms with van der Waals surface area (Å²) in [5.74, 6) is 0.833. The summed E-state index contributed by atoms with van der Waals surface area (Å²) in [4.78, 5) is 6.75. The quantitative estimate of drug-likeness (QED) is 0.670. The second kappa shape index (κ2) is 8.42. The van der Waals surface area contributed by atoms with Gasteiger partial charge in [0, 0.05) is 32.5 Å². The molecule has 0 amide bonds. The summed E-state index contributed by atoms with van der Waals surface area (Å²) < 4.78 is 2.02. The number of benzene rings is 1. The first-order valence-electron chi connectivity index (χ1n) is 7.82. The lowest BCUT2D eigenvalue weighted by Gasteiger charge is -2.22. The summed E-state index contributed by atoms with van der Waals surface area (Å²) in [6, 6.07) is 11.6. The highest BCUT2D eigenvalue weighted by molar-refractivity contribution is 6.30. The Kier molecular flexibility index (Phi) is 6.28. The number of aliphatic imine (C=N–C) groups is 1. The van der Waals surface area contributed by atoms with Crippen molar-refractivity contribution < 1.29 is 0 Å². The third-order valence-corrected chi connectivity index (χ3v) is 3.87. The Bertz CT molecular complexity index is 740. The van der Waals surface area contributed by atoms with E-state index in [4.69, 9.17) is 16.9 Å². The average molecular weight is 344 g/mol. The van der Waals surface area contributed by atoms with Crippen molar-refractivity contribution in [1.29, 1.82) is 5.26 Å². The van der Waals surface area contributed by atoms with E-state index in [9.17, 15) is 0 Å². The molecule has 0 fully saturated rings. The summed E-state index contributed by atoms with van der Waals surface area (Å²) in [6.07, 6.45) is 1.89. The number of aryl methyl sites for hydroxylation is 1. The van der Waals surface area contributed by atoms with Gasteiger partial charge in [0.2, 0.25) is 0 Å². The van der Waals surface area contributed by atoms with Gasteiger partial charge < -0.3 is 14.8 Å². The van der Waals surface area contributed by atoms with Gasteiger partial charge in [-0.05, 0) is 30.7 Å². The predicted octanol–water partition coefficient (Wildman–Crippen LogP) is 3.15. The van der Waals surface area contributed by atoms with Crippen LogP contribution in [0.1, 0.15) is 23.7 Å². The minimum Gasteiger partial charge on any atom is -0.357 e. The lowest BCUT2D eigenvalue weighted by molar-refractivity contribution is 0.462. The Morgan fingerprint density at radius 3 is 2.62 bits per heavy atom. The third kappa shape index (κ3) is 4.77. The van der Waals surface area contributed by atoms with E-state index in [1.807, 2.05) is 62.1 Å². The van der Waals surface area contributed by atoms with E-state index in [0.717, 1.165) is 28.8 Å². The maximum Gasteiger partial charge on any atom is 0.194 e. The van der Waals surface area contributed by atoms with Gasteiger partial charge in [-0.2, -0.15) is 5.26 Å². The summed E-state index contributed by atoms with van der Waals surface area (Å²) in [5, 5.41) is 12.9. The molecule has 0 unspecified atom stereocenters. The molecule has 0 saturated carbocycles. The lowest BCUT2D eigenvalue weighted by atomic mass is 10.1. The molecule has 0 radical (unpaired) electrons. The number of aromatic nitrogens is 1. The summed E-state index contributed by atoms with van der Waals surface area (Å²) in [6.45, 7) is 4.11. The molecule has 0 aliphatic heterocycles. The first kappa shape index (κ1) is 17.9. The lowest BCUT2D eigenvalue weighted by Crippen LogP contribution is -2.38. The van der Waals surface area contributed by atoms with Crippen LogP contribution < -0.4 is 5.32 Å². The number of nitrogens with zero attached hydrogens (tertiary/aromatic N) is 4. The number of hydrogen-bond donors (Lipinski definition) is 1. The van der Waals surface area contributed by atoms with E-state index in [2.05, 4.69) is 21.3 Å². The van der Waals surface area contributed by atoms with Gasteiger partial charge in [-0.15, -0.1) is 0 Å². The second-order valence-corrected chi connectivity index (χ2v) is 6.03. The minimum atomic E-state index is 0.562. The molecule has 24 heavy (non-hydrogen) atoms. The SMILES string of the molecule is CCNC(=NCc1ccc(C#N)cc1)N(C)Cc1cc(Cl)cn1C. The van der Waals surface area contributed by atoms with Crippen molar-refractivity contribution in [2.75, 3.05) is 13.6 Å². The maximum absolute atomic E-state index is 8.85. The van der Waals surface area contributed by atoms with Gasteiger partial charge in [-0.25, -0.2) is 4.99 Å². The fourth-order valence-corrected chi connectivity index (χ4v) is 2.63. The van der Waals surface area contributed by atoms with Gasteiger partial charge in [0.05, 0.1) is 29.7 Å². The molecule has 1 aromatic carbocycles. The highest BCUT2D eigenvalue weighted by atomic mass is 35.5. The zero-order valence-corrected chi connectivity index (χ0v) is 15.0. The molecule has 5 nitrogen and oxygen atoms in total. The van der Waals surface area contributed by atoms with Crippen molar-refractivity contribution in [3.05, 3.63) is 58.4 Å². The molecule has 0 spiro atoms. The van der Waals surface area contributed by atoms with Gasteiger partial charge in [0.15, 0.2) is 5.96 Å². The highest BCUT2D eigenvalue weighted by Gasteiger charge is 2.09. The Balaban J connectivity index is 2.08. The van der Waals surface area contributed by atoms with Crippen LogP contribution in [0, 0.1) is 11.3 Å². The third-order valence-electron chi connectivity index (χ3n) is 3.66. The van der Waals surface area contributed by atoms with Crippen LogP contribution in [-0.4, -0.2) is 29.0 Å². The second-order valence-electron chi connectivity index (χ2n) is 5.60. The van der Waals surface area contributed by atoms with E-state index in [0.29, 0.717) is 18.7 Å². The summed E-state index contributed by atoms with van der Waals surface area (Å²) >= 11 is 6.05. The molecular formula is C18H22ClN5. The van der Waals surface area contributed by atoms with Crippen molar-refractivity contribution >= 4 is 17.6 Å². The molecule has 0 atom stereocenters. The molecule has 1 heterocycles. The van der Waals surface area contributed by atoms with Gasteiger partial charge in [-0.1, -0.05) is 23.7 Å². The topological polar surface area (TPSA) is 56.4 Å². The largest absolute Gasteiger partial charge is 0.357 e. The van der Waals surface area contributed by atoms with E-state index >= 15 is 0 Å². The van der Waals surface area contributed by atoms with Crippen LogP contribution in [0.4, 0.5) is 0 Å². The van der Waals surface area contributed by atoms with Crippen molar-refractivity contribution in [2.45, 2.75) is 20.0 Å². The van der Waals surface area contributed by atoms with Crippen LogP contribution in [-0.2, 0) is 20.1 Å². The number of halogens is 1. The molecule has 2 aromatic rings. The predicted molar refractivity (Wildman–Crippen MR) is 97.9 cm³/mol. The molecule has 2 rings (SSSR count). The van der Waals surface area contributed by atoms with Crippen LogP contribution in [0.15, 0.2) is 41.5 Å². The fraction of sp³-hybridized carbons (Fsp3) is 0.333. The van der Waals surface area contributed by atoms with Crippen LogP contribution in [0.2, 0.25) is 5.02 Å². The minimum absolute atomic E-state index is 0.562. The number of rotatable bonds is 5. The van der Waals surface area contributed by atoms with Gasteiger partial charge in [0.1, 0.15) is 0 Å². The van der Waals surface area contributed by atoms with E-state index in [1.165, 1.54) is 0 Å². The van der Waals surface area contributed by atoms with Crippen molar-refractivity contribution in [2.24, 2.45) is 12.0 Å². The molecule has 0 aliphatic carbocycles. The standard InChI is InChI=1S/C18H22ClN5/c1-4-21-18(22-11-15-7-5-14(10-20)6-8-15)24(3)13-17-9-16(19)12-23(17)2/h5-9,12H,4,11,13H2,1-3H3,(H,21,22). The van der Waals surface area contributed by atoms with Gasteiger partial charge in [0.25, 0.3) is 0 Å². The molecule has 1 aromatic heterocycles. The van der Waals surface area contributed by atoms with Crippen molar-refractivity contribution in [3.63, 3.8) is 0 Å². The molecule has 0 bridgehead atoms. The number of hydrogen-bond acceptors (Lipinski definition) is 2. The van der Waals surface area contributed by atoms with Crippen LogP contribution in [0.3, 0.4) is 0 Å². The normalized spacial score (nSPS) is 11.2. The number of guanidine groups is 1. The van der Waals surface area contributed by atoms with Crippen LogP contribution in [0.25, 0.3) is 0 Å². The Labute approximate surface area is 148 Å². The average Bonchev–Trinajstić information content (AvgIpc) is 2.89. The van der Waals surface area contributed by atoms with Crippen molar-refractivity contribution in [3.8, 4) is 6.07 Å². The van der Waals surface area contributed by atoms with Gasteiger partial charge >= 0.3 is 0 Å². The van der Waals surface area contributed by atoms with E-state index in [1.54, 1.807) is 0 Å². The molecule has 0 saturated heterocycles. The van der Waals surface area contributed by atoms with Crippen molar-refractivity contribution in [1.82, 2.24) is 14.8 Å². The Hall–Kier alpha value is -2.45. The first-order chi connectivity index (χ1) is 11.5. The molecule has 6 heteroatoms. The van der Waals surface area contributed by atoms with E-state index < -0.39 is 0 Å². The molecular weight excluding hydrogens is 322 g/mol. The Morgan fingerprint density at radius 2 is 2.08 bits per heavy atom. The monoisotopic (exact) mass is 343 g/mol. The maximum atomic E-state index is 8.85. The molecule has 126 valence electrons. The fourth-order valence-electron chi connectivity index (χ4n) is 2.36. The Morgan fingerprint density at radius 1 is 1.38 bits per heavy atom. The highest BCUT2D eigenvalue weighted by Crippen LogP contribution is 2.14. The number of nitriles is 1. The van der Waals surface area contributed by atoms with Gasteiger partial charge in [-0.3, -0.25) is 0 Å². The van der Waals surface area contributed by atoms with Crippen LogP contribution in [0.5, 0.6) is 0 Å². The van der Waals surface area contributed by atoms with Crippen LogP contribution >= 0.6 is 11.6 Å². The summed E-state index contributed by atoms with van der Waals surface area (Å²) in [5.41, 5.74) is 2.85.